The van der Waals surface area contributed by atoms with Gasteiger partial charge in [-0.25, -0.2) is 4.79 Å². The molecule has 4 amide bonds. The first-order valence-corrected chi connectivity index (χ1v) is 10.5. The van der Waals surface area contributed by atoms with Gasteiger partial charge < -0.3 is 32.5 Å². The molecule has 0 radical (unpaired) electrons. The van der Waals surface area contributed by atoms with Gasteiger partial charge in [-0.3, -0.25) is 19.2 Å². The van der Waals surface area contributed by atoms with Crippen molar-refractivity contribution in [3.05, 3.63) is 0 Å². The molecule has 0 aromatic rings. The molecular formula is C17H31N5O6S. The van der Waals surface area contributed by atoms with E-state index in [0.29, 0.717) is 12.2 Å². The van der Waals surface area contributed by atoms with Gasteiger partial charge >= 0.3 is 5.97 Å². The lowest BCUT2D eigenvalue weighted by Crippen LogP contribution is -2.54. The van der Waals surface area contributed by atoms with Gasteiger partial charge in [-0.2, -0.15) is 11.8 Å². The summed E-state index contributed by atoms with van der Waals surface area (Å²) < 4.78 is 0. The minimum Gasteiger partial charge on any atom is -0.480 e. The van der Waals surface area contributed by atoms with Crippen LogP contribution in [-0.4, -0.2) is 71.4 Å². The number of rotatable bonds is 14. The summed E-state index contributed by atoms with van der Waals surface area (Å²) in [6.45, 7) is 3.23. The van der Waals surface area contributed by atoms with Gasteiger partial charge in [0.05, 0.1) is 19.0 Å². The Morgan fingerprint density at radius 2 is 1.66 bits per heavy atom. The number of thioether (sulfide) groups is 1. The molecule has 12 heteroatoms. The maximum atomic E-state index is 12.3. The number of carboxylic acid groups (broad SMARTS) is 1. The summed E-state index contributed by atoms with van der Waals surface area (Å²) in [5.74, 6) is -3.46. The van der Waals surface area contributed by atoms with Gasteiger partial charge in [0.25, 0.3) is 0 Å². The van der Waals surface area contributed by atoms with Crippen LogP contribution in [0.25, 0.3) is 0 Å². The third-order valence-electron chi connectivity index (χ3n) is 3.77. The van der Waals surface area contributed by atoms with Crippen LogP contribution >= 0.6 is 11.8 Å². The highest BCUT2D eigenvalue weighted by Crippen LogP contribution is 2.04. The first kappa shape index (κ1) is 26.7. The monoisotopic (exact) mass is 433 g/mol. The highest BCUT2D eigenvalue weighted by atomic mass is 32.2. The summed E-state index contributed by atoms with van der Waals surface area (Å²) in [4.78, 5) is 58.7. The van der Waals surface area contributed by atoms with Gasteiger partial charge in [-0.1, -0.05) is 13.8 Å². The number of nitrogens with one attached hydrogen (secondary N) is 3. The van der Waals surface area contributed by atoms with Gasteiger partial charge in [0.2, 0.25) is 23.6 Å². The summed E-state index contributed by atoms with van der Waals surface area (Å²) in [5.41, 5.74) is 10.9. The first-order chi connectivity index (χ1) is 13.5. The largest absolute Gasteiger partial charge is 0.480 e. The van der Waals surface area contributed by atoms with Gasteiger partial charge in [0.1, 0.15) is 12.1 Å². The molecule has 0 heterocycles. The molecule has 0 rings (SSSR count). The second kappa shape index (κ2) is 13.8. The molecule has 0 aromatic carbocycles. The topological polar surface area (TPSA) is 194 Å². The van der Waals surface area contributed by atoms with Crippen LogP contribution in [0.4, 0.5) is 0 Å². The molecule has 8 N–H and O–H groups in total. The van der Waals surface area contributed by atoms with Crippen LogP contribution in [0.2, 0.25) is 0 Å². The third kappa shape index (κ3) is 12.0. The smallest absolute Gasteiger partial charge is 0.326 e. The van der Waals surface area contributed by atoms with Gasteiger partial charge in [0, 0.05) is 0 Å². The lowest BCUT2D eigenvalue weighted by molar-refractivity contribution is -0.141. The van der Waals surface area contributed by atoms with Crippen molar-refractivity contribution < 1.29 is 29.1 Å². The van der Waals surface area contributed by atoms with Gasteiger partial charge in [-0.15, -0.1) is 0 Å². The van der Waals surface area contributed by atoms with Crippen molar-refractivity contribution in [3.63, 3.8) is 0 Å². The summed E-state index contributed by atoms with van der Waals surface area (Å²) in [5, 5.41) is 16.0. The number of hydrogen-bond acceptors (Lipinski definition) is 7. The molecule has 166 valence electrons. The molecule has 0 spiro atoms. The predicted octanol–water partition coefficient (Wildman–Crippen LogP) is -1.84. The predicted molar refractivity (Wildman–Crippen MR) is 109 cm³/mol. The lowest BCUT2D eigenvalue weighted by Gasteiger charge is -2.21. The maximum absolute atomic E-state index is 12.3. The number of carbonyl (C=O) groups is 5. The molecule has 0 aliphatic carbocycles. The number of aliphatic carboxylic acids is 1. The second-order valence-electron chi connectivity index (χ2n) is 6.93. The van der Waals surface area contributed by atoms with Crippen LogP contribution in [0.15, 0.2) is 0 Å². The standard InChI is InChI=1S/C17H31N5O6S/c1-9(2)6-10(18)15(25)22-12(7-13(19)23)16(26)20-8-14(24)21-11(17(27)28)4-5-29-3/h9-12H,4-8,18H2,1-3H3,(H2,19,23)(H,20,26)(H,21,24)(H,22,25)(H,27,28). The van der Waals surface area contributed by atoms with Crippen molar-refractivity contribution in [1.82, 2.24) is 16.0 Å². The number of primary amides is 1. The van der Waals surface area contributed by atoms with Crippen molar-refractivity contribution >= 4 is 41.4 Å². The zero-order chi connectivity index (χ0) is 22.6. The Morgan fingerprint density at radius 1 is 1.03 bits per heavy atom. The summed E-state index contributed by atoms with van der Waals surface area (Å²) in [7, 11) is 0. The lowest BCUT2D eigenvalue weighted by atomic mass is 10.0. The van der Waals surface area contributed by atoms with Gasteiger partial charge in [0.15, 0.2) is 0 Å². The minimum absolute atomic E-state index is 0.149. The highest BCUT2D eigenvalue weighted by Gasteiger charge is 2.26. The number of nitrogens with two attached hydrogens (primary N) is 2. The Labute approximate surface area is 174 Å². The number of carbonyl (C=O) groups excluding carboxylic acids is 4. The van der Waals surface area contributed by atoms with E-state index < -0.39 is 60.7 Å². The van der Waals surface area contributed by atoms with E-state index in [1.165, 1.54) is 11.8 Å². The Morgan fingerprint density at radius 3 is 2.14 bits per heavy atom. The quantitative estimate of drug-likeness (QED) is 0.184. The molecule has 0 fully saturated rings. The number of hydrogen-bond donors (Lipinski definition) is 6. The number of amides is 4. The highest BCUT2D eigenvalue weighted by molar-refractivity contribution is 7.98. The molecular weight excluding hydrogens is 402 g/mol. The van der Waals surface area contributed by atoms with Crippen molar-refractivity contribution in [3.8, 4) is 0 Å². The van der Waals surface area contributed by atoms with Crippen LogP contribution in [0, 0.1) is 5.92 Å². The molecule has 3 unspecified atom stereocenters. The minimum atomic E-state index is -1.29. The summed E-state index contributed by atoms with van der Waals surface area (Å²) >= 11 is 1.44. The normalized spacial score (nSPS) is 13.8. The fourth-order valence-electron chi connectivity index (χ4n) is 2.33. The molecule has 0 aliphatic heterocycles. The molecule has 0 saturated heterocycles. The molecule has 0 saturated carbocycles. The average Bonchev–Trinajstić information content (AvgIpc) is 2.61. The average molecular weight is 434 g/mol. The Kier molecular flexibility index (Phi) is 12.7. The maximum Gasteiger partial charge on any atom is 0.326 e. The fraction of sp³-hybridized carbons (Fsp3) is 0.706. The molecule has 29 heavy (non-hydrogen) atoms. The number of carboxylic acids is 1. The first-order valence-electron chi connectivity index (χ1n) is 9.10. The van der Waals surface area contributed by atoms with Crippen LogP contribution in [0.5, 0.6) is 0 Å². The van der Waals surface area contributed by atoms with E-state index in [4.69, 9.17) is 16.6 Å². The van der Waals surface area contributed by atoms with Crippen molar-refractivity contribution in [2.75, 3.05) is 18.6 Å². The molecule has 0 aliphatic rings. The van der Waals surface area contributed by atoms with E-state index in [1.54, 1.807) is 6.26 Å². The van der Waals surface area contributed by atoms with Crippen LogP contribution in [0.3, 0.4) is 0 Å². The molecule has 0 aromatic heterocycles. The van der Waals surface area contributed by atoms with Crippen LogP contribution in [0.1, 0.15) is 33.1 Å². The zero-order valence-corrected chi connectivity index (χ0v) is 17.7. The molecule has 11 nitrogen and oxygen atoms in total. The van der Waals surface area contributed by atoms with Crippen LogP contribution < -0.4 is 27.4 Å². The van der Waals surface area contributed by atoms with Crippen LogP contribution in [-0.2, 0) is 24.0 Å². The Balaban J connectivity index is 4.81. The van der Waals surface area contributed by atoms with Crippen molar-refractivity contribution in [1.29, 1.82) is 0 Å². The fourth-order valence-corrected chi connectivity index (χ4v) is 2.80. The summed E-state index contributed by atoms with van der Waals surface area (Å²) in [6, 6.07) is -3.24. The second-order valence-corrected chi connectivity index (χ2v) is 7.91. The van der Waals surface area contributed by atoms with E-state index in [0.717, 1.165) is 0 Å². The van der Waals surface area contributed by atoms with Crippen molar-refractivity contribution in [2.45, 2.75) is 51.2 Å². The van der Waals surface area contributed by atoms with E-state index in [9.17, 15) is 24.0 Å². The van der Waals surface area contributed by atoms with E-state index in [1.807, 2.05) is 13.8 Å². The van der Waals surface area contributed by atoms with Gasteiger partial charge in [-0.05, 0) is 30.8 Å². The van der Waals surface area contributed by atoms with Crippen molar-refractivity contribution in [2.24, 2.45) is 17.4 Å². The molecule has 0 bridgehead atoms. The third-order valence-corrected chi connectivity index (χ3v) is 4.41. The van der Waals surface area contributed by atoms with E-state index in [2.05, 4.69) is 16.0 Å². The van der Waals surface area contributed by atoms with E-state index in [-0.39, 0.29) is 12.3 Å². The SMILES string of the molecule is CSCCC(NC(=O)CNC(=O)C(CC(N)=O)NC(=O)C(N)CC(C)C)C(=O)O. The summed E-state index contributed by atoms with van der Waals surface area (Å²) in [6.07, 6.45) is 1.94. The van der Waals surface area contributed by atoms with E-state index >= 15 is 0 Å². The molecule has 3 atom stereocenters. The Hall–Kier alpha value is -2.34. The zero-order valence-electron chi connectivity index (χ0n) is 16.9. The Bertz CT molecular complexity index is 601.